The van der Waals surface area contributed by atoms with Gasteiger partial charge in [0.15, 0.2) is 5.76 Å². The molecule has 1 aliphatic heterocycles. The maximum atomic E-state index is 12.2. The summed E-state index contributed by atoms with van der Waals surface area (Å²) < 4.78 is 10.6. The van der Waals surface area contributed by atoms with Crippen LogP contribution in [0.4, 0.5) is 5.69 Å². The quantitative estimate of drug-likeness (QED) is 0.770. The largest absolute Gasteiger partial charge is 0.461 e. The monoisotopic (exact) mass is 338 g/mol. The van der Waals surface area contributed by atoms with Gasteiger partial charge in [0.05, 0.1) is 18.7 Å². The second kappa shape index (κ2) is 6.52. The van der Waals surface area contributed by atoms with Crippen LogP contribution < -0.4 is 5.32 Å². The summed E-state index contributed by atoms with van der Waals surface area (Å²) in [6.07, 6.45) is 1.57. The van der Waals surface area contributed by atoms with Crippen molar-refractivity contribution < 1.29 is 13.7 Å². The van der Waals surface area contributed by atoms with Crippen LogP contribution in [-0.2, 0) is 4.79 Å². The average Bonchev–Trinajstić information content (AvgIpc) is 3.23. The Morgan fingerprint density at radius 1 is 1.28 bits per heavy atom. The van der Waals surface area contributed by atoms with Crippen LogP contribution in [0.25, 0.3) is 11.6 Å². The molecule has 1 saturated heterocycles. The number of anilines is 1. The first-order valence-electron chi connectivity index (χ1n) is 8.14. The Morgan fingerprint density at radius 2 is 2.12 bits per heavy atom. The van der Waals surface area contributed by atoms with Gasteiger partial charge in [0.25, 0.3) is 0 Å². The van der Waals surface area contributed by atoms with Crippen LogP contribution in [0.3, 0.4) is 0 Å². The molecule has 1 N–H and O–H groups in total. The Kier molecular flexibility index (Phi) is 4.07. The Bertz CT molecular complexity index is 866. The van der Waals surface area contributed by atoms with E-state index in [4.69, 9.17) is 8.94 Å². The van der Waals surface area contributed by atoms with Crippen molar-refractivity contribution in [1.29, 1.82) is 0 Å². The normalized spacial score (nSPS) is 15.1. The van der Waals surface area contributed by atoms with Gasteiger partial charge in [0.1, 0.15) is 0 Å². The molecule has 0 bridgehead atoms. The van der Waals surface area contributed by atoms with E-state index in [-0.39, 0.29) is 11.8 Å². The molecule has 1 aliphatic rings. The standard InChI is InChI=1S/C18H18N4O3/c1-12-5-2-3-6-14(12)19-16(23)11-22-9-13(10-22)18-20-17(21-25-18)15-7-4-8-24-15/h2-8,13H,9-11H2,1H3,(H,19,23). The van der Waals surface area contributed by atoms with E-state index >= 15 is 0 Å². The lowest BCUT2D eigenvalue weighted by Gasteiger charge is -2.36. The minimum absolute atomic E-state index is 0.0189. The van der Waals surface area contributed by atoms with Crippen molar-refractivity contribution in [3.05, 3.63) is 54.1 Å². The molecule has 0 radical (unpaired) electrons. The van der Waals surface area contributed by atoms with Crippen molar-refractivity contribution in [3.63, 3.8) is 0 Å². The van der Waals surface area contributed by atoms with Crippen molar-refractivity contribution in [2.24, 2.45) is 0 Å². The van der Waals surface area contributed by atoms with Gasteiger partial charge in [-0.15, -0.1) is 0 Å². The number of amides is 1. The number of hydrogen-bond donors (Lipinski definition) is 1. The fourth-order valence-corrected chi connectivity index (χ4v) is 2.87. The van der Waals surface area contributed by atoms with Crippen LogP contribution in [0.1, 0.15) is 17.4 Å². The van der Waals surface area contributed by atoms with Crippen LogP contribution in [-0.4, -0.2) is 40.6 Å². The number of hydrogen-bond acceptors (Lipinski definition) is 6. The minimum atomic E-state index is -0.0189. The third-order valence-electron chi connectivity index (χ3n) is 4.28. The molecule has 7 heteroatoms. The van der Waals surface area contributed by atoms with Gasteiger partial charge in [-0.2, -0.15) is 4.98 Å². The number of likely N-dealkylation sites (tertiary alicyclic amines) is 1. The summed E-state index contributed by atoms with van der Waals surface area (Å²) in [5.74, 6) is 1.76. The number of aryl methyl sites for hydroxylation is 1. The number of carbonyl (C=O) groups excluding carboxylic acids is 1. The van der Waals surface area contributed by atoms with E-state index in [0.29, 0.717) is 24.0 Å². The highest BCUT2D eigenvalue weighted by Gasteiger charge is 2.33. The van der Waals surface area contributed by atoms with Crippen molar-refractivity contribution in [3.8, 4) is 11.6 Å². The summed E-state index contributed by atoms with van der Waals surface area (Å²) in [6.45, 7) is 3.77. The highest BCUT2D eigenvalue weighted by Crippen LogP contribution is 2.27. The van der Waals surface area contributed by atoms with Gasteiger partial charge in [-0.3, -0.25) is 9.69 Å². The molecule has 1 aromatic carbocycles. The SMILES string of the molecule is Cc1ccccc1NC(=O)CN1CC(c2nc(-c3ccco3)no2)C1. The molecule has 0 atom stereocenters. The van der Waals surface area contributed by atoms with Gasteiger partial charge in [-0.1, -0.05) is 23.4 Å². The number of nitrogens with zero attached hydrogens (tertiary/aromatic N) is 3. The maximum absolute atomic E-state index is 12.2. The van der Waals surface area contributed by atoms with Gasteiger partial charge in [0.2, 0.25) is 17.6 Å². The first-order valence-corrected chi connectivity index (χ1v) is 8.14. The first-order chi connectivity index (χ1) is 12.2. The lowest BCUT2D eigenvalue weighted by molar-refractivity contribution is -0.118. The molecule has 128 valence electrons. The average molecular weight is 338 g/mol. The Balaban J connectivity index is 1.29. The predicted octanol–water partition coefficient (Wildman–Crippen LogP) is 2.68. The maximum Gasteiger partial charge on any atom is 0.238 e. The fraction of sp³-hybridized carbons (Fsp3) is 0.278. The highest BCUT2D eigenvalue weighted by molar-refractivity contribution is 5.93. The van der Waals surface area contributed by atoms with E-state index in [2.05, 4.69) is 20.4 Å². The summed E-state index contributed by atoms with van der Waals surface area (Å²) in [7, 11) is 0. The predicted molar refractivity (Wildman–Crippen MR) is 91.0 cm³/mol. The van der Waals surface area contributed by atoms with Gasteiger partial charge in [-0.05, 0) is 30.7 Å². The molecule has 1 fully saturated rings. The van der Waals surface area contributed by atoms with Crippen molar-refractivity contribution in [2.45, 2.75) is 12.8 Å². The molecule has 3 aromatic rings. The number of furan rings is 1. The Morgan fingerprint density at radius 3 is 2.88 bits per heavy atom. The fourth-order valence-electron chi connectivity index (χ4n) is 2.87. The zero-order valence-electron chi connectivity index (χ0n) is 13.8. The second-order valence-electron chi connectivity index (χ2n) is 6.19. The molecule has 2 aromatic heterocycles. The zero-order valence-corrected chi connectivity index (χ0v) is 13.8. The Labute approximate surface area is 144 Å². The third-order valence-corrected chi connectivity index (χ3v) is 4.28. The lowest BCUT2D eigenvalue weighted by atomic mass is 10.0. The summed E-state index contributed by atoms with van der Waals surface area (Å²) in [5, 5.41) is 6.88. The number of aromatic nitrogens is 2. The number of nitrogens with one attached hydrogen (secondary N) is 1. The number of benzene rings is 1. The molecule has 1 amide bonds. The lowest BCUT2D eigenvalue weighted by Crippen LogP contribution is -2.48. The molecule has 0 unspecified atom stereocenters. The topological polar surface area (TPSA) is 84.4 Å². The van der Waals surface area contributed by atoms with E-state index in [0.717, 1.165) is 24.3 Å². The first kappa shape index (κ1) is 15.6. The van der Waals surface area contributed by atoms with E-state index in [1.165, 1.54) is 0 Å². The van der Waals surface area contributed by atoms with Crippen LogP contribution in [0.15, 0.2) is 51.6 Å². The molecule has 4 rings (SSSR count). The second-order valence-corrected chi connectivity index (χ2v) is 6.19. The van der Waals surface area contributed by atoms with Crippen LogP contribution in [0, 0.1) is 6.92 Å². The van der Waals surface area contributed by atoms with Gasteiger partial charge in [0, 0.05) is 18.8 Å². The van der Waals surface area contributed by atoms with Gasteiger partial charge in [-0.25, -0.2) is 0 Å². The van der Waals surface area contributed by atoms with E-state index in [1.54, 1.807) is 18.4 Å². The highest BCUT2D eigenvalue weighted by atomic mass is 16.5. The molecular formula is C18H18N4O3. The number of rotatable bonds is 5. The van der Waals surface area contributed by atoms with Gasteiger partial charge < -0.3 is 14.3 Å². The summed E-state index contributed by atoms with van der Waals surface area (Å²) >= 11 is 0. The zero-order chi connectivity index (χ0) is 17.2. The van der Waals surface area contributed by atoms with Crippen molar-refractivity contribution in [1.82, 2.24) is 15.0 Å². The number of para-hydroxylation sites is 1. The van der Waals surface area contributed by atoms with Gasteiger partial charge >= 0.3 is 0 Å². The summed E-state index contributed by atoms with van der Waals surface area (Å²) in [5.41, 5.74) is 1.90. The molecule has 3 heterocycles. The number of carbonyl (C=O) groups is 1. The van der Waals surface area contributed by atoms with Crippen LogP contribution >= 0.6 is 0 Å². The Hall–Kier alpha value is -2.93. The van der Waals surface area contributed by atoms with E-state index < -0.39 is 0 Å². The molecule has 0 spiro atoms. The molecule has 25 heavy (non-hydrogen) atoms. The van der Waals surface area contributed by atoms with E-state index in [9.17, 15) is 4.79 Å². The molecular weight excluding hydrogens is 320 g/mol. The molecule has 7 nitrogen and oxygen atoms in total. The summed E-state index contributed by atoms with van der Waals surface area (Å²) in [4.78, 5) is 18.6. The summed E-state index contributed by atoms with van der Waals surface area (Å²) in [6, 6.07) is 11.3. The minimum Gasteiger partial charge on any atom is -0.461 e. The van der Waals surface area contributed by atoms with Crippen LogP contribution in [0.2, 0.25) is 0 Å². The van der Waals surface area contributed by atoms with Crippen LogP contribution in [0.5, 0.6) is 0 Å². The van der Waals surface area contributed by atoms with E-state index in [1.807, 2.05) is 31.2 Å². The molecule has 0 saturated carbocycles. The van der Waals surface area contributed by atoms with Crippen molar-refractivity contribution >= 4 is 11.6 Å². The third kappa shape index (κ3) is 3.32. The smallest absolute Gasteiger partial charge is 0.238 e. The van der Waals surface area contributed by atoms with Crippen molar-refractivity contribution in [2.75, 3.05) is 25.0 Å². The molecule has 0 aliphatic carbocycles.